The van der Waals surface area contributed by atoms with E-state index in [2.05, 4.69) is 12.2 Å². The van der Waals surface area contributed by atoms with Crippen molar-refractivity contribution in [2.75, 3.05) is 11.6 Å². The Morgan fingerprint density at radius 1 is 1.44 bits per heavy atom. The number of thioether (sulfide) groups is 1. The lowest BCUT2D eigenvalue weighted by molar-refractivity contribution is -0.121. The Bertz CT molecular complexity index is 213. The first-order valence-corrected chi connectivity index (χ1v) is 7.81. The van der Waals surface area contributed by atoms with E-state index in [1.54, 1.807) is 0 Å². The third-order valence-corrected chi connectivity index (χ3v) is 4.44. The van der Waals surface area contributed by atoms with Crippen molar-refractivity contribution in [1.82, 2.24) is 5.32 Å². The molecule has 1 aliphatic rings. The molecule has 1 saturated carbocycles. The molecule has 2 nitrogen and oxygen atoms in total. The Morgan fingerprint density at radius 2 is 2.25 bits per heavy atom. The normalized spacial score (nSPS) is 24.6. The smallest absolute Gasteiger partial charge is 0.220 e. The summed E-state index contributed by atoms with van der Waals surface area (Å²) in [6, 6.07) is 0.424. The monoisotopic (exact) mass is 263 g/mol. The predicted molar refractivity (Wildman–Crippen MR) is 72.3 cm³/mol. The molecular weight excluding hydrogens is 242 g/mol. The van der Waals surface area contributed by atoms with Crippen LogP contribution < -0.4 is 5.32 Å². The lowest BCUT2D eigenvalue weighted by atomic mass is 10.2. The lowest BCUT2D eigenvalue weighted by Crippen LogP contribution is -2.32. The topological polar surface area (TPSA) is 29.1 Å². The maximum absolute atomic E-state index is 11.6. The summed E-state index contributed by atoms with van der Waals surface area (Å²) in [5.74, 6) is 2.05. The first-order chi connectivity index (χ1) is 7.76. The van der Waals surface area contributed by atoms with Crippen molar-refractivity contribution >= 4 is 29.3 Å². The average Bonchev–Trinajstić information content (AvgIpc) is 2.66. The van der Waals surface area contributed by atoms with Gasteiger partial charge in [-0.15, -0.1) is 11.6 Å². The molecular formula is C12H22ClNOS. The van der Waals surface area contributed by atoms with Gasteiger partial charge in [-0.3, -0.25) is 4.79 Å². The molecule has 0 aromatic carbocycles. The van der Waals surface area contributed by atoms with E-state index in [1.165, 1.54) is 12.2 Å². The second kappa shape index (κ2) is 8.24. The molecule has 0 saturated heterocycles. The lowest BCUT2D eigenvalue weighted by Gasteiger charge is -2.12. The van der Waals surface area contributed by atoms with Gasteiger partial charge in [0.15, 0.2) is 0 Å². The van der Waals surface area contributed by atoms with E-state index in [-0.39, 0.29) is 5.91 Å². The summed E-state index contributed by atoms with van der Waals surface area (Å²) >= 11 is 7.60. The van der Waals surface area contributed by atoms with Crippen LogP contribution in [0.25, 0.3) is 0 Å². The summed E-state index contributed by atoms with van der Waals surface area (Å²) in [5.41, 5.74) is 0. The fourth-order valence-corrected chi connectivity index (χ4v) is 3.47. The van der Waals surface area contributed by atoms with Gasteiger partial charge in [0.1, 0.15) is 0 Å². The van der Waals surface area contributed by atoms with Gasteiger partial charge in [0.05, 0.1) is 0 Å². The van der Waals surface area contributed by atoms with Crippen LogP contribution in [0.2, 0.25) is 0 Å². The number of halogens is 1. The number of rotatable bonds is 7. The summed E-state index contributed by atoms with van der Waals surface area (Å²) < 4.78 is 0. The minimum absolute atomic E-state index is 0.206. The third-order valence-electron chi connectivity index (χ3n) is 2.94. The molecule has 94 valence electrons. The van der Waals surface area contributed by atoms with Gasteiger partial charge in [-0.05, 0) is 37.9 Å². The van der Waals surface area contributed by atoms with Gasteiger partial charge < -0.3 is 5.32 Å². The molecule has 1 fully saturated rings. The number of amides is 1. The zero-order valence-corrected chi connectivity index (χ0v) is 11.6. The SMILES string of the molecule is CCSC1CCC(NC(=O)CCCCCl)C1. The van der Waals surface area contributed by atoms with Crippen molar-refractivity contribution < 1.29 is 4.79 Å². The van der Waals surface area contributed by atoms with E-state index in [0.717, 1.165) is 30.9 Å². The highest BCUT2D eigenvalue weighted by Crippen LogP contribution is 2.29. The molecule has 2 unspecified atom stereocenters. The van der Waals surface area contributed by atoms with Crippen molar-refractivity contribution in [2.24, 2.45) is 0 Å². The largest absolute Gasteiger partial charge is 0.353 e. The van der Waals surface area contributed by atoms with Crippen LogP contribution in [0, 0.1) is 0 Å². The van der Waals surface area contributed by atoms with Crippen molar-refractivity contribution in [3.05, 3.63) is 0 Å². The van der Waals surface area contributed by atoms with E-state index < -0.39 is 0 Å². The first-order valence-electron chi connectivity index (χ1n) is 6.23. The number of nitrogens with one attached hydrogen (secondary N) is 1. The number of carbonyl (C=O) groups is 1. The Kier molecular flexibility index (Phi) is 7.30. The van der Waals surface area contributed by atoms with Gasteiger partial charge in [0.2, 0.25) is 5.91 Å². The van der Waals surface area contributed by atoms with Crippen molar-refractivity contribution in [1.29, 1.82) is 0 Å². The maximum Gasteiger partial charge on any atom is 0.220 e. The summed E-state index contributed by atoms with van der Waals surface area (Å²) in [6.07, 6.45) is 6.04. The molecule has 0 aliphatic heterocycles. The van der Waals surface area contributed by atoms with Crippen molar-refractivity contribution in [3.63, 3.8) is 0 Å². The molecule has 0 heterocycles. The number of unbranched alkanes of at least 4 members (excludes halogenated alkanes) is 1. The van der Waals surface area contributed by atoms with Gasteiger partial charge >= 0.3 is 0 Å². The summed E-state index contributed by atoms with van der Waals surface area (Å²) in [5, 5.41) is 3.89. The first kappa shape index (κ1) is 14.2. The van der Waals surface area contributed by atoms with E-state index in [1.807, 2.05) is 11.8 Å². The second-order valence-corrected chi connectivity index (χ2v) is 6.26. The van der Waals surface area contributed by atoms with Gasteiger partial charge in [-0.2, -0.15) is 11.8 Å². The van der Waals surface area contributed by atoms with Crippen LogP contribution >= 0.6 is 23.4 Å². The molecule has 2 atom stereocenters. The van der Waals surface area contributed by atoms with Crippen LogP contribution in [-0.4, -0.2) is 28.8 Å². The molecule has 1 amide bonds. The molecule has 4 heteroatoms. The average molecular weight is 264 g/mol. The van der Waals surface area contributed by atoms with E-state index in [4.69, 9.17) is 11.6 Å². The summed E-state index contributed by atoms with van der Waals surface area (Å²) in [4.78, 5) is 11.6. The van der Waals surface area contributed by atoms with Crippen LogP contribution in [0.3, 0.4) is 0 Å². The summed E-state index contributed by atoms with van der Waals surface area (Å²) in [7, 11) is 0. The Balaban J connectivity index is 2.11. The minimum Gasteiger partial charge on any atom is -0.353 e. The standard InChI is InChI=1S/C12H22ClNOS/c1-2-16-11-7-6-10(9-11)14-12(15)5-3-4-8-13/h10-11H,2-9H2,1H3,(H,14,15). The van der Waals surface area contributed by atoms with Gasteiger partial charge in [0.25, 0.3) is 0 Å². The molecule has 1 N–H and O–H groups in total. The molecule has 16 heavy (non-hydrogen) atoms. The van der Waals surface area contributed by atoms with Crippen LogP contribution in [0.4, 0.5) is 0 Å². The fraction of sp³-hybridized carbons (Fsp3) is 0.917. The minimum atomic E-state index is 0.206. The number of carbonyl (C=O) groups excluding carboxylic acids is 1. The zero-order chi connectivity index (χ0) is 11.8. The van der Waals surface area contributed by atoms with Crippen LogP contribution in [0.5, 0.6) is 0 Å². The van der Waals surface area contributed by atoms with Crippen molar-refractivity contribution in [3.8, 4) is 0 Å². The Morgan fingerprint density at radius 3 is 2.94 bits per heavy atom. The molecule has 0 radical (unpaired) electrons. The zero-order valence-electron chi connectivity index (χ0n) is 10.0. The second-order valence-electron chi connectivity index (χ2n) is 4.30. The van der Waals surface area contributed by atoms with Gasteiger partial charge in [-0.25, -0.2) is 0 Å². The molecule has 0 aromatic heterocycles. The third kappa shape index (κ3) is 5.44. The predicted octanol–water partition coefficient (Wildman–Crippen LogP) is 3.19. The number of hydrogen-bond acceptors (Lipinski definition) is 2. The van der Waals surface area contributed by atoms with Gasteiger partial charge in [-0.1, -0.05) is 6.92 Å². The summed E-state index contributed by atoms with van der Waals surface area (Å²) in [6.45, 7) is 2.20. The quantitative estimate of drug-likeness (QED) is 0.565. The number of hydrogen-bond donors (Lipinski definition) is 1. The highest BCUT2D eigenvalue weighted by molar-refractivity contribution is 7.99. The van der Waals surface area contributed by atoms with Gasteiger partial charge in [0, 0.05) is 23.6 Å². The van der Waals surface area contributed by atoms with E-state index in [9.17, 15) is 4.79 Å². The van der Waals surface area contributed by atoms with E-state index >= 15 is 0 Å². The fourth-order valence-electron chi connectivity index (χ4n) is 2.14. The molecule has 0 spiro atoms. The molecule has 0 aromatic rings. The molecule has 0 bridgehead atoms. The van der Waals surface area contributed by atoms with Crippen LogP contribution in [0.1, 0.15) is 45.4 Å². The number of alkyl halides is 1. The molecule has 1 rings (SSSR count). The highest BCUT2D eigenvalue weighted by atomic mass is 35.5. The molecule has 1 aliphatic carbocycles. The van der Waals surface area contributed by atoms with E-state index in [0.29, 0.717) is 18.3 Å². The van der Waals surface area contributed by atoms with Crippen LogP contribution in [0.15, 0.2) is 0 Å². The maximum atomic E-state index is 11.6. The Labute approximate surface area is 108 Å². The van der Waals surface area contributed by atoms with Crippen LogP contribution in [-0.2, 0) is 4.79 Å². The Hall–Kier alpha value is 0.110. The van der Waals surface area contributed by atoms with Crippen molar-refractivity contribution in [2.45, 2.75) is 56.7 Å². The highest BCUT2D eigenvalue weighted by Gasteiger charge is 2.25.